The quantitative estimate of drug-likeness (QED) is 0.263. The van der Waals surface area contributed by atoms with Gasteiger partial charge in [-0.1, -0.05) is 0 Å². The summed E-state index contributed by atoms with van der Waals surface area (Å²) < 4.78 is 32.2. The maximum atomic E-state index is 11.0. The standard InChI is InChI=1S/C8H9NO4S.Na/c1-5(10)7-4-6(9)2-3-8(7)14(11,12)13;/h2-4H,9H2,1H3,(H,11,12,13);/q;+1/p-1. The molecule has 0 radical (unpaired) electrons. The van der Waals surface area contributed by atoms with Gasteiger partial charge in [0, 0.05) is 11.3 Å². The first-order valence-corrected chi connectivity index (χ1v) is 5.09. The van der Waals surface area contributed by atoms with E-state index in [1.165, 1.54) is 19.1 Å². The SMILES string of the molecule is CC(=O)c1cc(N)ccc1S(=O)(=O)[O-].[Na+]. The van der Waals surface area contributed by atoms with Crippen LogP contribution in [0.4, 0.5) is 5.69 Å². The first-order valence-electron chi connectivity index (χ1n) is 3.68. The van der Waals surface area contributed by atoms with Gasteiger partial charge < -0.3 is 10.3 Å². The van der Waals surface area contributed by atoms with E-state index in [0.717, 1.165) is 6.07 Å². The molecule has 0 bridgehead atoms. The molecule has 0 saturated carbocycles. The molecule has 0 unspecified atom stereocenters. The van der Waals surface area contributed by atoms with E-state index in [9.17, 15) is 17.8 Å². The topological polar surface area (TPSA) is 100 Å². The summed E-state index contributed by atoms with van der Waals surface area (Å²) in [6.07, 6.45) is 0. The third-order valence-corrected chi connectivity index (χ3v) is 2.55. The average Bonchev–Trinajstić information content (AvgIpc) is 2.01. The smallest absolute Gasteiger partial charge is 0.744 e. The van der Waals surface area contributed by atoms with E-state index in [2.05, 4.69) is 0 Å². The van der Waals surface area contributed by atoms with Crippen LogP contribution in [0.25, 0.3) is 0 Å². The van der Waals surface area contributed by atoms with Crippen LogP contribution in [-0.2, 0) is 10.1 Å². The fraction of sp³-hybridized carbons (Fsp3) is 0.125. The van der Waals surface area contributed by atoms with Crippen LogP contribution in [-0.4, -0.2) is 18.8 Å². The van der Waals surface area contributed by atoms with Crippen LogP contribution in [0.1, 0.15) is 17.3 Å². The predicted molar refractivity (Wildman–Crippen MR) is 48.8 cm³/mol. The van der Waals surface area contributed by atoms with Crippen molar-refractivity contribution in [1.82, 2.24) is 0 Å². The van der Waals surface area contributed by atoms with Crippen molar-refractivity contribution in [1.29, 1.82) is 0 Å². The molecule has 1 aromatic rings. The Labute approximate surface area is 110 Å². The Morgan fingerprint density at radius 2 is 1.93 bits per heavy atom. The van der Waals surface area contributed by atoms with E-state index in [-0.39, 0.29) is 40.8 Å². The Bertz CT molecular complexity index is 483. The minimum atomic E-state index is -4.62. The molecular formula is C8H8NNaO4S. The Balaban J connectivity index is 0.00000196. The molecule has 76 valence electrons. The Morgan fingerprint density at radius 3 is 2.33 bits per heavy atom. The molecule has 0 amide bonds. The molecule has 0 aliphatic carbocycles. The molecule has 5 nitrogen and oxygen atoms in total. The van der Waals surface area contributed by atoms with Gasteiger partial charge in [0.05, 0.1) is 4.90 Å². The normalized spacial score (nSPS) is 10.5. The molecule has 0 aromatic heterocycles. The summed E-state index contributed by atoms with van der Waals surface area (Å²) >= 11 is 0. The molecule has 0 fully saturated rings. The Morgan fingerprint density at radius 1 is 1.40 bits per heavy atom. The van der Waals surface area contributed by atoms with E-state index >= 15 is 0 Å². The number of carbonyl (C=O) groups excluding carboxylic acids is 1. The van der Waals surface area contributed by atoms with Gasteiger partial charge in [0.2, 0.25) is 0 Å². The minimum absolute atomic E-state index is 0. The summed E-state index contributed by atoms with van der Waals surface area (Å²) in [6.45, 7) is 1.17. The zero-order valence-electron chi connectivity index (χ0n) is 8.35. The molecule has 15 heavy (non-hydrogen) atoms. The van der Waals surface area contributed by atoms with Crippen LogP contribution in [0.5, 0.6) is 0 Å². The molecule has 1 rings (SSSR count). The first-order chi connectivity index (χ1) is 6.32. The van der Waals surface area contributed by atoms with Crippen molar-refractivity contribution in [2.75, 3.05) is 5.73 Å². The van der Waals surface area contributed by atoms with Gasteiger partial charge in [-0.05, 0) is 25.1 Å². The fourth-order valence-electron chi connectivity index (χ4n) is 1.04. The predicted octanol–water partition coefficient (Wildman–Crippen LogP) is -2.62. The van der Waals surface area contributed by atoms with Crippen LogP contribution < -0.4 is 35.3 Å². The van der Waals surface area contributed by atoms with Crippen LogP contribution in [0, 0.1) is 0 Å². The number of anilines is 1. The van der Waals surface area contributed by atoms with Crippen LogP contribution in [0.3, 0.4) is 0 Å². The fourth-order valence-corrected chi connectivity index (χ4v) is 1.75. The zero-order chi connectivity index (χ0) is 10.9. The van der Waals surface area contributed by atoms with Crippen molar-refractivity contribution in [3.8, 4) is 0 Å². The van der Waals surface area contributed by atoms with Crippen molar-refractivity contribution in [2.24, 2.45) is 0 Å². The monoisotopic (exact) mass is 237 g/mol. The summed E-state index contributed by atoms with van der Waals surface area (Å²) in [5, 5.41) is 0. The molecule has 7 heteroatoms. The second kappa shape index (κ2) is 5.09. The molecule has 1 aromatic carbocycles. The van der Waals surface area contributed by atoms with Crippen molar-refractivity contribution in [2.45, 2.75) is 11.8 Å². The van der Waals surface area contributed by atoms with Gasteiger partial charge in [-0.25, -0.2) is 8.42 Å². The van der Waals surface area contributed by atoms with Gasteiger partial charge in [-0.2, -0.15) is 0 Å². The van der Waals surface area contributed by atoms with E-state index in [1.54, 1.807) is 0 Å². The van der Waals surface area contributed by atoms with Crippen LogP contribution in [0.15, 0.2) is 23.1 Å². The number of ketones is 1. The number of hydrogen-bond donors (Lipinski definition) is 1. The van der Waals surface area contributed by atoms with Crippen LogP contribution in [0.2, 0.25) is 0 Å². The largest absolute Gasteiger partial charge is 1.00 e. The van der Waals surface area contributed by atoms with Gasteiger partial charge in [0.15, 0.2) is 5.78 Å². The third kappa shape index (κ3) is 3.58. The molecule has 0 atom stereocenters. The van der Waals surface area contributed by atoms with Gasteiger partial charge in [0.1, 0.15) is 10.1 Å². The molecule has 0 saturated heterocycles. The summed E-state index contributed by atoms with van der Waals surface area (Å²) in [6, 6.07) is 3.47. The zero-order valence-corrected chi connectivity index (χ0v) is 11.2. The molecule has 0 heterocycles. The van der Waals surface area contributed by atoms with Gasteiger partial charge in [0.25, 0.3) is 0 Å². The van der Waals surface area contributed by atoms with E-state index in [0.29, 0.717) is 0 Å². The van der Waals surface area contributed by atoms with Crippen molar-refractivity contribution < 1.29 is 47.3 Å². The van der Waals surface area contributed by atoms with Crippen molar-refractivity contribution >= 4 is 21.6 Å². The molecule has 0 spiro atoms. The summed E-state index contributed by atoms with van der Waals surface area (Å²) in [7, 11) is -4.62. The van der Waals surface area contributed by atoms with Crippen molar-refractivity contribution in [3.63, 3.8) is 0 Å². The molecule has 0 aliphatic heterocycles. The van der Waals surface area contributed by atoms with E-state index < -0.39 is 20.8 Å². The number of Topliss-reactive ketones (excluding diaryl/α,β-unsaturated/α-hetero) is 1. The number of rotatable bonds is 2. The molecule has 2 N–H and O–H groups in total. The maximum absolute atomic E-state index is 11.0. The Kier molecular flexibility index (Phi) is 4.95. The first kappa shape index (κ1) is 14.6. The average molecular weight is 237 g/mol. The van der Waals surface area contributed by atoms with Gasteiger partial charge in [-0.3, -0.25) is 4.79 Å². The molecular weight excluding hydrogens is 229 g/mol. The summed E-state index contributed by atoms with van der Waals surface area (Å²) in [5.41, 5.74) is 5.43. The number of nitrogens with two attached hydrogens (primary N) is 1. The number of hydrogen-bond acceptors (Lipinski definition) is 5. The van der Waals surface area contributed by atoms with Crippen molar-refractivity contribution in [3.05, 3.63) is 23.8 Å². The van der Waals surface area contributed by atoms with Gasteiger partial charge >= 0.3 is 29.6 Å². The second-order valence-electron chi connectivity index (χ2n) is 2.77. The number of nitrogen functional groups attached to an aromatic ring is 1. The molecule has 0 aliphatic rings. The van der Waals surface area contributed by atoms with Crippen LogP contribution >= 0.6 is 0 Å². The Hall–Kier alpha value is -0.400. The second-order valence-corrected chi connectivity index (χ2v) is 4.11. The maximum Gasteiger partial charge on any atom is 1.00 e. The third-order valence-electron chi connectivity index (χ3n) is 1.65. The number of benzene rings is 1. The van der Waals surface area contributed by atoms with Gasteiger partial charge in [-0.15, -0.1) is 0 Å². The number of carbonyl (C=O) groups is 1. The minimum Gasteiger partial charge on any atom is -0.744 e. The van der Waals surface area contributed by atoms with E-state index in [4.69, 9.17) is 5.73 Å². The summed E-state index contributed by atoms with van der Waals surface area (Å²) in [5.74, 6) is -0.508. The van der Waals surface area contributed by atoms with E-state index in [1.807, 2.05) is 0 Å². The summed E-state index contributed by atoms with van der Waals surface area (Å²) in [4.78, 5) is 10.5.